The molecule has 1 aliphatic heterocycles. The van der Waals surface area contributed by atoms with E-state index in [2.05, 4.69) is 4.99 Å². The molecule has 2 N–H and O–H groups in total. The Bertz CT molecular complexity index is 474. The van der Waals surface area contributed by atoms with Gasteiger partial charge in [-0.25, -0.2) is 0 Å². The van der Waals surface area contributed by atoms with Gasteiger partial charge in [0, 0.05) is 18.7 Å². The number of amidine groups is 1. The molecule has 0 aromatic heterocycles. The third-order valence-corrected chi connectivity index (χ3v) is 2.15. The van der Waals surface area contributed by atoms with Gasteiger partial charge in [-0.05, 0) is 6.07 Å². The van der Waals surface area contributed by atoms with Crippen LogP contribution in [0.15, 0.2) is 17.1 Å². The van der Waals surface area contributed by atoms with Gasteiger partial charge in [-0.1, -0.05) is 0 Å². The van der Waals surface area contributed by atoms with Crippen LogP contribution >= 0.6 is 0 Å². The molecule has 5 heteroatoms. The topological polar surface area (TPSA) is 80.6 Å². The fourth-order valence-corrected chi connectivity index (χ4v) is 1.37. The molecule has 0 spiro atoms. The molecule has 0 amide bonds. The van der Waals surface area contributed by atoms with Crippen LogP contribution in [0.5, 0.6) is 11.5 Å². The molecule has 1 aliphatic rings. The Hall–Kier alpha value is -2.22. The molecule has 0 atom stereocenters. The second-order valence-corrected chi connectivity index (χ2v) is 2.97. The van der Waals surface area contributed by atoms with Gasteiger partial charge in [0.15, 0.2) is 11.5 Å². The van der Waals surface area contributed by atoms with E-state index >= 15 is 0 Å². The molecule has 76 valence electrons. The normalized spacial score (nSPS) is 13.7. The van der Waals surface area contributed by atoms with Crippen molar-refractivity contribution in [2.45, 2.75) is 0 Å². The van der Waals surface area contributed by atoms with Crippen LogP contribution in [-0.2, 0) is 0 Å². The maximum absolute atomic E-state index is 8.94. The number of nitriles is 1. The molecule has 0 fully saturated rings. The van der Waals surface area contributed by atoms with Crippen LogP contribution in [-0.4, -0.2) is 19.7 Å². The maximum atomic E-state index is 8.94. The monoisotopic (exact) mass is 203 g/mol. The van der Waals surface area contributed by atoms with Crippen molar-refractivity contribution in [3.63, 3.8) is 0 Å². The van der Waals surface area contributed by atoms with Gasteiger partial charge in [0.2, 0.25) is 6.79 Å². The largest absolute Gasteiger partial charge is 0.454 e. The third-order valence-electron chi connectivity index (χ3n) is 2.15. The van der Waals surface area contributed by atoms with Crippen molar-refractivity contribution in [2.24, 2.45) is 10.7 Å². The van der Waals surface area contributed by atoms with Crippen molar-refractivity contribution in [3.05, 3.63) is 23.3 Å². The lowest BCUT2D eigenvalue weighted by Gasteiger charge is -2.04. The molecule has 1 aromatic rings. The molecular weight excluding hydrogens is 194 g/mol. The van der Waals surface area contributed by atoms with Crippen LogP contribution in [0.4, 0.5) is 0 Å². The zero-order chi connectivity index (χ0) is 10.8. The first-order chi connectivity index (χ1) is 7.26. The highest BCUT2D eigenvalue weighted by atomic mass is 16.7. The van der Waals surface area contributed by atoms with Crippen molar-refractivity contribution < 1.29 is 9.47 Å². The van der Waals surface area contributed by atoms with E-state index in [1.807, 2.05) is 6.07 Å². The molecule has 1 aromatic carbocycles. The van der Waals surface area contributed by atoms with E-state index in [9.17, 15) is 0 Å². The summed E-state index contributed by atoms with van der Waals surface area (Å²) < 4.78 is 10.3. The highest BCUT2D eigenvalue weighted by molar-refractivity contribution is 6.00. The summed E-state index contributed by atoms with van der Waals surface area (Å²) in [5.74, 6) is 1.47. The molecule has 0 bridgehead atoms. The summed E-state index contributed by atoms with van der Waals surface area (Å²) in [6, 6.07) is 5.32. The summed E-state index contributed by atoms with van der Waals surface area (Å²) in [7, 11) is 1.57. The molecule has 0 saturated heterocycles. The molecule has 5 nitrogen and oxygen atoms in total. The smallest absolute Gasteiger partial charge is 0.231 e. The number of nitrogens with two attached hydrogens (primary N) is 1. The van der Waals surface area contributed by atoms with Gasteiger partial charge in [0.1, 0.15) is 11.9 Å². The number of rotatable bonds is 1. The predicted molar refractivity (Wildman–Crippen MR) is 53.9 cm³/mol. The number of hydrogen-bond acceptors (Lipinski definition) is 4. The Kier molecular flexibility index (Phi) is 2.18. The lowest BCUT2D eigenvalue weighted by molar-refractivity contribution is 0.174. The Labute approximate surface area is 86.7 Å². The van der Waals surface area contributed by atoms with Crippen LogP contribution in [0, 0.1) is 11.3 Å². The molecule has 0 aliphatic carbocycles. The molecule has 0 radical (unpaired) electrons. The van der Waals surface area contributed by atoms with Crippen molar-refractivity contribution in [3.8, 4) is 17.6 Å². The first-order valence-electron chi connectivity index (χ1n) is 4.32. The van der Waals surface area contributed by atoms with E-state index in [1.54, 1.807) is 19.2 Å². The standard InChI is InChI=1S/C10H9N3O2/c1-13-10(12)7-3-9-8(14-5-15-9)2-6(7)4-11/h2-3H,5H2,1H3,(H2,12,13). The van der Waals surface area contributed by atoms with Crippen LogP contribution in [0.1, 0.15) is 11.1 Å². The van der Waals surface area contributed by atoms with Crippen LogP contribution in [0.3, 0.4) is 0 Å². The van der Waals surface area contributed by atoms with Gasteiger partial charge in [0.05, 0.1) is 5.56 Å². The number of benzene rings is 1. The second-order valence-electron chi connectivity index (χ2n) is 2.97. The van der Waals surface area contributed by atoms with Crippen LogP contribution in [0.25, 0.3) is 0 Å². The first-order valence-corrected chi connectivity index (χ1v) is 4.32. The third kappa shape index (κ3) is 1.46. The second kappa shape index (κ2) is 3.50. The molecule has 1 heterocycles. The fourth-order valence-electron chi connectivity index (χ4n) is 1.37. The van der Waals surface area contributed by atoms with E-state index in [4.69, 9.17) is 20.5 Å². The number of aliphatic imine (C=N–C) groups is 1. The highest BCUT2D eigenvalue weighted by Crippen LogP contribution is 2.34. The van der Waals surface area contributed by atoms with Gasteiger partial charge in [-0.15, -0.1) is 0 Å². The summed E-state index contributed by atoms with van der Waals surface area (Å²) >= 11 is 0. The summed E-state index contributed by atoms with van der Waals surface area (Å²) in [4.78, 5) is 3.84. The average Bonchev–Trinajstić information content (AvgIpc) is 2.73. The minimum Gasteiger partial charge on any atom is -0.454 e. The number of nitrogens with zero attached hydrogens (tertiary/aromatic N) is 2. The Balaban J connectivity index is 2.60. The van der Waals surface area contributed by atoms with Crippen molar-refractivity contribution >= 4 is 5.84 Å². The van der Waals surface area contributed by atoms with E-state index < -0.39 is 0 Å². The number of hydrogen-bond donors (Lipinski definition) is 1. The van der Waals surface area contributed by atoms with E-state index in [0.29, 0.717) is 28.5 Å². The van der Waals surface area contributed by atoms with Gasteiger partial charge < -0.3 is 15.2 Å². The van der Waals surface area contributed by atoms with E-state index in [-0.39, 0.29) is 6.79 Å². The number of fused-ring (bicyclic) bond motifs is 1. The fraction of sp³-hybridized carbons (Fsp3) is 0.200. The van der Waals surface area contributed by atoms with E-state index in [1.165, 1.54) is 0 Å². The minimum atomic E-state index is 0.173. The summed E-state index contributed by atoms with van der Waals surface area (Å²) in [5, 5.41) is 8.94. The zero-order valence-corrected chi connectivity index (χ0v) is 8.15. The van der Waals surface area contributed by atoms with Crippen molar-refractivity contribution in [1.82, 2.24) is 0 Å². The first kappa shape index (κ1) is 9.34. The minimum absolute atomic E-state index is 0.173. The maximum Gasteiger partial charge on any atom is 0.231 e. The van der Waals surface area contributed by atoms with Gasteiger partial charge in [0.25, 0.3) is 0 Å². The summed E-state index contributed by atoms with van der Waals surface area (Å²) in [6.07, 6.45) is 0. The van der Waals surface area contributed by atoms with Crippen LogP contribution < -0.4 is 15.2 Å². The zero-order valence-electron chi connectivity index (χ0n) is 8.15. The highest BCUT2D eigenvalue weighted by Gasteiger charge is 2.18. The molecule has 15 heavy (non-hydrogen) atoms. The quantitative estimate of drug-likeness (QED) is 0.536. The van der Waals surface area contributed by atoms with Crippen LogP contribution in [0.2, 0.25) is 0 Å². The molecule has 0 saturated carbocycles. The van der Waals surface area contributed by atoms with Gasteiger partial charge in [-0.2, -0.15) is 5.26 Å². The summed E-state index contributed by atoms with van der Waals surface area (Å²) in [6.45, 7) is 0.173. The van der Waals surface area contributed by atoms with Gasteiger partial charge in [-0.3, -0.25) is 4.99 Å². The van der Waals surface area contributed by atoms with E-state index in [0.717, 1.165) is 0 Å². The lowest BCUT2D eigenvalue weighted by atomic mass is 10.1. The Morgan fingerprint density at radius 2 is 2.13 bits per heavy atom. The Morgan fingerprint density at radius 1 is 1.47 bits per heavy atom. The summed E-state index contributed by atoms with van der Waals surface area (Å²) in [5.41, 5.74) is 6.67. The number of ether oxygens (including phenoxy) is 2. The van der Waals surface area contributed by atoms with Gasteiger partial charge >= 0.3 is 0 Å². The lowest BCUT2D eigenvalue weighted by Crippen LogP contribution is -2.14. The molecule has 2 rings (SSSR count). The van der Waals surface area contributed by atoms with Crippen molar-refractivity contribution in [2.75, 3.05) is 13.8 Å². The van der Waals surface area contributed by atoms with Crippen molar-refractivity contribution in [1.29, 1.82) is 5.26 Å². The predicted octanol–water partition coefficient (Wildman–Crippen LogP) is 0.622. The average molecular weight is 203 g/mol. The molecule has 0 unspecified atom stereocenters. The Morgan fingerprint density at radius 3 is 2.73 bits per heavy atom. The SMILES string of the molecule is CN=C(N)c1cc2c(cc1C#N)OCO2. The molecular formula is C10H9N3O2.